The van der Waals surface area contributed by atoms with E-state index < -0.39 is 5.85 Å². The Balaban J connectivity index is 2.28. The zero-order chi connectivity index (χ0) is 11.1. The van der Waals surface area contributed by atoms with Crippen molar-refractivity contribution in [3.63, 3.8) is 0 Å². The highest BCUT2D eigenvalue weighted by Gasteiger charge is 2.32. The minimum absolute atomic E-state index is 0.208. The number of ether oxygens (including phenoxy) is 1. The molecule has 3 nitrogen and oxygen atoms in total. The Morgan fingerprint density at radius 3 is 2.80 bits per heavy atom. The van der Waals surface area contributed by atoms with Crippen LogP contribution in [0.3, 0.4) is 0 Å². The number of nitrogens with one attached hydrogen (secondary N) is 1. The molecule has 1 aromatic carbocycles. The summed E-state index contributed by atoms with van der Waals surface area (Å²) < 4.78 is 5.47. The molecule has 2 rings (SSSR count). The van der Waals surface area contributed by atoms with Gasteiger partial charge in [0.05, 0.1) is 12.6 Å². The number of hydrogen-bond donors (Lipinski definition) is 2. The molecule has 1 saturated heterocycles. The van der Waals surface area contributed by atoms with Crippen molar-refractivity contribution < 1.29 is 4.74 Å². The molecule has 1 aromatic rings. The second-order valence-electron chi connectivity index (χ2n) is 4.40. The van der Waals surface area contributed by atoms with Gasteiger partial charge in [0.2, 0.25) is 0 Å². The fourth-order valence-corrected chi connectivity index (χ4v) is 2.00. The highest BCUT2D eigenvalue weighted by Crippen LogP contribution is 2.26. The Bertz CT molecular complexity index is 374. The largest absolute Gasteiger partial charge is 0.346 e. The summed E-state index contributed by atoms with van der Waals surface area (Å²) in [4.78, 5) is 0. The first-order valence-corrected chi connectivity index (χ1v) is 5.26. The molecule has 3 heteroatoms. The summed E-state index contributed by atoms with van der Waals surface area (Å²) >= 11 is 0. The zero-order valence-electron chi connectivity index (χ0n) is 9.50. The molecule has 1 aliphatic heterocycles. The summed E-state index contributed by atoms with van der Waals surface area (Å²) in [6.07, 6.45) is 0. The van der Waals surface area contributed by atoms with E-state index in [2.05, 4.69) is 37.4 Å². The first-order chi connectivity index (χ1) is 6.99. The summed E-state index contributed by atoms with van der Waals surface area (Å²) in [5.41, 5.74) is 9.76. The molecule has 82 valence electrons. The minimum atomic E-state index is -0.694. The van der Waals surface area contributed by atoms with Crippen LogP contribution in [0.4, 0.5) is 0 Å². The summed E-state index contributed by atoms with van der Waals surface area (Å²) in [6.45, 7) is 6.74. The van der Waals surface area contributed by atoms with Crippen LogP contribution in [0.5, 0.6) is 0 Å². The van der Waals surface area contributed by atoms with Gasteiger partial charge in [0.15, 0.2) is 5.85 Å². The van der Waals surface area contributed by atoms with E-state index in [1.807, 2.05) is 6.92 Å². The predicted molar refractivity (Wildman–Crippen MR) is 60.3 cm³/mol. The van der Waals surface area contributed by atoms with Gasteiger partial charge in [0.1, 0.15) is 0 Å². The van der Waals surface area contributed by atoms with Crippen molar-refractivity contribution in [2.45, 2.75) is 32.7 Å². The second-order valence-corrected chi connectivity index (χ2v) is 4.40. The molecule has 0 spiro atoms. The molecule has 1 aliphatic rings. The van der Waals surface area contributed by atoms with E-state index in [1.165, 1.54) is 16.7 Å². The molecule has 2 unspecified atom stereocenters. The monoisotopic (exact) mass is 206 g/mol. The lowest BCUT2D eigenvalue weighted by molar-refractivity contribution is 0.0122. The lowest BCUT2D eigenvalue weighted by Gasteiger charge is -2.19. The van der Waals surface area contributed by atoms with E-state index >= 15 is 0 Å². The van der Waals surface area contributed by atoms with Gasteiger partial charge in [0, 0.05) is 0 Å². The van der Waals surface area contributed by atoms with Crippen LogP contribution in [0.15, 0.2) is 18.2 Å². The van der Waals surface area contributed by atoms with Crippen molar-refractivity contribution >= 4 is 0 Å². The molecule has 0 aliphatic carbocycles. The maximum absolute atomic E-state index is 5.86. The van der Waals surface area contributed by atoms with Gasteiger partial charge >= 0.3 is 0 Å². The molecule has 1 heterocycles. The maximum Gasteiger partial charge on any atom is 0.169 e. The number of rotatable bonds is 1. The Kier molecular flexibility index (Phi) is 2.54. The SMILES string of the molecule is Cc1cccc(C2COC(C)(N)N2)c1C. The van der Waals surface area contributed by atoms with Gasteiger partial charge in [-0.25, -0.2) is 0 Å². The lowest BCUT2D eigenvalue weighted by Crippen LogP contribution is -2.47. The van der Waals surface area contributed by atoms with Crippen LogP contribution in [-0.4, -0.2) is 12.5 Å². The summed E-state index contributed by atoms with van der Waals surface area (Å²) in [5, 5.41) is 3.27. The Labute approximate surface area is 90.6 Å². The van der Waals surface area contributed by atoms with Crippen molar-refractivity contribution in [2.24, 2.45) is 5.73 Å². The number of hydrogen-bond acceptors (Lipinski definition) is 3. The van der Waals surface area contributed by atoms with E-state index in [0.717, 1.165) is 0 Å². The maximum atomic E-state index is 5.86. The first-order valence-electron chi connectivity index (χ1n) is 5.26. The highest BCUT2D eigenvalue weighted by molar-refractivity contribution is 5.35. The van der Waals surface area contributed by atoms with Crippen molar-refractivity contribution in [1.82, 2.24) is 5.32 Å². The fourth-order valence-electron chi connectivity index (χ4n) is 2.00. The average Bonchev–Trinajstić information content (AvgIpc) is 2.51. The molecule has 2 atom stereocenters. The van der Waals surface area contributed by atoms with Crippen molar-refractivity contribution in [2.75, 3.05) is 6.61 Å². The standard InChI is InChI=1S/C12H18N2O/c1-8-5-4-6-10(9(8)2)11-7-15-12(3,13)14-11/h4-6,11,14H,7,13H2,1-3H3. The van der Waals surface area contributed by atoms with Crippen LogP contribution in [0.2, 0.25) is 0 Å². The molecule has 0 aromatic heterocycles. The minimum Gasteiger partial charge on any atom is -0.346 e. The topological polar surface area (TPSA) is 47.3 Å². The average molecular weight is 206 g/mol. The van der Waals surface area contributed by atoms with Gasteiger partial charge in [-0.2, -0.15) is 0 Å². The van der Waals surface area contributed by atoms with E-state index in [-0.39, 0.29) is 6.04 Å². The number of benzene rings is 1. The van der Waals surface area contributed by atoms with Gasteiger partial charge in [0.25, 0.3) is 0 Å². The van der Waals surface area contributed by atoms with Gasteiger partial charge in [-0.05, 0) is 37.5 Å². The van der Waals surface area contributed by atoms with Gasteiger partial charge in [-0.15, -0.1) is 0 Å². The van der Waals surface area contributed by atoms with E-state index in [1.54, 1.807) is 0 Å². The molecular formula is C12H18N2O. The van der Waals surface area contributed by atoms with Crippen LogP contribution in [0.1, 0.15) is 29.7 Å². The van der Waals surface area contributed by atoms with E-state index in [4.69, 9.17) is 10.5 Å². The molecule has 0 saturated carbocycles. The third-order valence-corrected chi connectivity index (χ3v) is 3.03. The summed E-state index contributed by atoms with van der Waals surface area (Å²) in [5.74, 6) is -0.694. The lowest BCUT2D eigenvalue weighted by atomic mass is 9.98. The normalized spacial score (nSPS) is 30.8. The summed E-state index contributed by atoms with van der Waals surface area (Å²) in [6, 6.07) is 6.53. The van der Waals surface area contributed by atoms with Crippen LogP contribution in [0.25, 0.3) is 0 Å². The van der Waals surface area contributed by atoms with Crippen LogP contribution >= 0.6 is 0 Å². The third kappa shape index (κ3) is 2.04. The zero-order valence-corrected chi connectivity index (χ0v) is 9.50. The van der Waals surface area contributed by atoms with Crippen molar-refractivity contribution in [1.29, 1.82) is 0 Å². The van der Waals surface area contributed by atoms with Gasteiger partial charge < -0.3 is 4.74 Å². The summed E-state index contributed by atoms with van der Waals surface area (Å²) in [7, 11) is 0. The van der Waals surface area contributed by atoms with Crippen LogP contribution in [-0.2, 0) is 4.74 Å². The molecule has 1 fully saturated rings. The molecular weight excluding hydrogens is 188 g/mol. The number of nitrogens with two attached hydrogens (primary N) is 1. The predicted octanol–water partition coefficient (Wildman–Crippen LogP) is 1.60. The van der Waals surface area contributed by atoms with Crippen molar-refractivity contribution in [3.8, 4) is 0 Å². The highest BCUT2D eigenvalue weighted by atomic mass is 16.5. The Hall–Kier alpha value is -0.900. The number of aryl methyl sites for hydroxylation is 1. The van der Waals surface area contributed by atoms with E-state index in [0.29, 0.717) is 6.61 Å². The third-order valence-electron chi connectivity index (χ3n) is 3.03. The Morgan fingerprint density at radius 1 is 1.47 bits per heavy atom. The molecule has 0 bridgehead atoms. The van der Waals surface area contributed by atoms with E-state index in [9.17, 15) is 0 Å². The van der Waals surface area contributed by atoms with Gasteiger partial charge in [-0.3, -0.25) is 11.1 Å². The molecule has 3 N–H and O–H groups in total. The van der Waals surface area contributed by atoms with Crippen molar-refractivity contribution in [3.05, 3.63) is 34.9 Å². The smallest absolute Gasteiger partial charge is 0.169 e. The molecule has 0 radical (unpaired) electrons. The molecule has 15 heavy (non-hydrogen) atoms. The fraction of sp³-hybridized carbons (Fsp3) is 0.500. The first kappa shape index (κ1) is 10.6. The quantitative estimate of drug-likeness (QED) is 0.733. The van der Waals surface area contributed by atoms with Crippen LogP contribution < -0.4 is 11.1 Å². The van der Waals surface area contributed by atoms with Crippen LogP contribution in [0, 0.1) is 13.8 Å². The molecule has 0 amide bonds. The Morgan fingerprint density at radius 2 is 2.20 bits per heavy atom. The second kappa shape index (κ2) is 3.59. The van der Waals surface area contributed by atoms with Gasteiger partial charge in [-0.1, -0.05) is 18.2 Å².